The van der Waals surface area contributed by atoms with Gasteiger partial charge in [0.1, 0.15) is 23.0 Å². The van der Waals surface area contributed by atoms with Crippen molar-refractivity contribution in [2.24, 2.45) is 5.84 Å². The minimum absolute atomic E-state index is 0.610. The summed E-state index contributed by atoms with van der Waals surface area (Å²) in [6.07, 6.45) is 2.29. The molecule has 0 saturated carbocycles. The molecule has 2 heterocycles. The second-order valence-electron chi connectivity index (χ2n) is 2.81. The van der Waals surface area contributed by atoms with Crippen LogP contribution in [0.5, 0.6) is 0 Å². The van der Waals surface area contributed by atoms with E-state index in [1.165, 1.54) is 29.6 Å². The van der Waals surface area contributed by atoms with Gasteiger partial charge in [-0.15, -0.1) is 0 Å². The van der Waals surface area contributed by atoms with Crippen LogP contribution in [-0.2, 0) is 6.42 Å². The third kappa shape index (κ3) is 2.65. The second-order valence-corrected chi connectivity index (χ2v) is 4.86. The summed E-state index contributed by atoms with van der Waals surface area (Å²) in [6.45, 7) is 2.00. The number of nitrogens with one attached hydrogen (secondary N) is 1. The molecule has 6 nitrogen and oxygen atoms in total. The topological polar surface area (TPSA) is 89.6 Å². The first kappa shape index (κ1) is 11.2. The zero-order valence-corrected chi connectivity index (χ0v) is 10.2. The zero-order chi connectivity index (χ0) is 11.4. The van der Waals surface area contributed by atoms with E-state index < -0.39 is 0 Å². The fourth-order valence-electron chi connectivity index (χ4n) is 1.05. The smallest absolute Gasteiger partial charge is 0.175 e. The number of hydrogen-bond donors (Lipinski definition) is 2. The van der Waals surface area contributed by atoms with Gasteiger partial charge in [-0.1, -0.05) is 6.92 Å². The van der Waals surface area contributed by atoms with Crippen LogP contribution in [0.15, 0.2) is 21.8 Å². The summed E-state index contributed by atoms with van der Waals surface area (Å²) < 4.78 is 4.78. The van der Waals surface area contributed by atoms with Crippen molar-refractivity contribution in [1.29, 1.82) is 0 Å². The molecule has 0 fully saturated rings. The molecule has 8 heteroatoms. The van der Waals surface area contributed by atoms with Crippen LogP contribution in [0.3, 0.4) is 0 Å². The fraction of sp³-hybridized carbons (Fsp3) is 0.250. The van der Waals surface area contributed by atoms with E-state index in [1.807, 2.05) is 6.92 Å². The average Bonchev–Trinajstić information content (AvgIpc) is 2.81. The van der Waals surface area contributed by atoms with E-state index in [0.29, 0.717) is 5.82 Å². The lowest BCUT2D eigenvalue weighted by Crippen LogP contribution is -2.10. The lowest BCUT2D eigenvalue weighted by molar-refractivity contribution is 0.888. The lowest BCUT2D eigenvalue weighted by Gasteiger charge is -2.04. The van der Waals surface area contributed by atoms with Gasteiger partial charge in [0.05, 0.1) is 0 Å². The number of nitrogens with two attached hydrogens (primary N) is 1. The van der Waals surface area contributed by atoms with Gasteiger partial charge in [-0.25, -0.2) is 20.8 Å². The maximum Gasteiger partial charge on any atom is 0.175 e. The zero-order valence-electron chi connectivity index (χ0n) is 8.54. The van der Waals surface area contributed by atoms with Crippen molar-refractivity contribution >= 4 is 29.1 Å². The maximum atomic E-state index is 5.34. The molecule has 0 spiro atoms. The highest BCUT2D eigenvalue weighted by atomic mass is 32.2. The predicted octanol–water partition coefficient (Wildman–Crippen LogP) is 1.33. The molecule has 3 N–H and O–H groups in total. The van der Waals surface area contributed by atoms with Crippen molar-refractivity contribution < 1.29 is 0 Å². The Kier molecular flexibility index (Phi) is 3.65. The standard InChI is InChI=1S/C8H10N6S2/c1-2-5-12-6(14-9)3-7(13-5)15-8-10-4-11-16-8/h3-4H,2,9H2,1H3,(H,12,13,14). The Morgan fingerprint density at radius 2 is 2.38 bits per heavy atom. The molecule has 2 aromatic heterocycles. The van der Waals surface area contributed by atoms with Gasteiger partial charge in [-0.3, -0.25) is 0 Å². The second kappa shape index (κ2) is 5.19. The normalized spacial score (nSPS) is 10.4. The minimum atomic E-state index is 0.610. The van der Waals surface area contributed by atoms with E-state index in [1.54, 1.807) is 6.07 Å². The fourth-order valence-corrected chi connectivity index (χ4v) is 2.47. The summed E-state index contributed by atoms with van der Waals surface area (Å²) in [5.74, 6) is 6.70. The molecule has 2 aromatic rings. The molecule has 0 radical (unpaired) electrons. The van der Waals surface area contributed by atoms with Crippen molar-refractivity contribution in [2.45, 2.75) is 22.7 Å². The first-order valence-electron chi connectivity index (χ1n) is 4.61. The van der Waals surface area contributed by atoms with Crippen LogP contribution in [0.4, 0.5) is 5.82 Å². The van der Waals surface area contributed by atoms with E-state index >= 15 is 0 Å². The van der Waals surface area contributed by atoms with Crippen molar-refractivity contribution in [3.8, 4) is 0 Å². The average molecular weight is 254 g/mol. The molecular weight excluding hydrogens is 244 g/mol. The van der Waals surface area contributed by atoms with E-state index in [-0.39, 0.29) is 0 Å². The highest BCUT2D eigenvalue weighted by molar-refractivity contribution is 8.00. The number of nitrogen functional groups attached to an aromatic ring is 1. The Balaban J connectivity index is 2.26. The molecule has 0 aliphatic heterocycles. The molecule has 0 aromatic carbocycles. The van der Waals surface area contributed by atoms with Gasteiger partial charge in [0.25, 0.3) is 0 Å². The minimum Gasteiger partial charge on any atom is -0.308 e. The highest BCUT2D eigenvalue weighted by Gasteiger charge is 2.06. The Bertz CT molecular complexity index is 435. The molecule has 2 rings (SSSR count). The Hall–Kier alpha value is -1.25. The SMILES string of the molecule is CCc1nc(NN)cc(Sc2ncns2)n1. The number of aryl methyl sites for hydroxylation is 1. The van der Waals surface area contributed by atoms with Crippen LogP contribution >= 0.6 is 23.3 Å². The summed E-state index contributed by atoms with van der Waals surface area (Å²) in [4.78, 5) is 12.7. The molecule has 0 aliphatic rings. The van der Waals surface area contributed by atoms with Gasteiger partial charge in [0, 0.05) is 12.5 Å². The molecular formula is C8H10N6S2. The quantitative estimate of drug-likeness (QED) is 0.483. The number of anilines is 1. The van der Waals surface area contributed by atoms with Crippen LogP contribution in [0.2, 0.25) is 0 Å². The monoisotopic (exact) mass is 254 g/mol. The molecule has 16 heavy (non-hydrogen) atoms. The van der Waals surface area contributed by atoms with E-state index in [0.717, 1.165) is 21.6 Å². The predicted molar refractivity (Wildman–Crippen MR) is 63.3 cm³/mol. The third-order valence-electron chi connectivity index (χ3n) is 1.75. The summed E-state index contributed by atoms with van der Waals surface area (Å²) >= 11 is 2.79. The van der Waals surface area contributed by atoms with E-state index in [4.69, 9.17) is 5.84 Å². The van der Waals surface area contributed by atoms with Crippen LogP contribution in [0.1, 0.15) is 12.7 Å². The van der Waals surface area contributed by atoms with Gasteiger partial charge in [0.15, 0.2) is 4.34 Å². The van der Waals surface area contributed by atoms with Crippen molar-refractivity contribution in [3.05, 3.63) is 18.2 Å². The Labute approximate surface area is 101 Å². The largest absolute Gasteiger partial charge is 0.308 e. The van der Waals surface area contributed by atoms with Crippen LogP contribution < -0.4 is 11.3 Å². The summed E-state index contributed by atoms with van der Waals surface area (Å²) in [7, 11) is 0. The number of hydrogen-bond acceptors (Lipinski definition) is 8. The summed E-state index contributed by atoms with van der Waals surface area (Å²) in [5, 5.41) is 0.816. The molecule has 0 aliphatic carbocycles. The molecule has 0 unspecified atom stereocenters. The van der Waals surface area contributed by atoms with Crippen LogP contribution in [0.25, 0.3) is 0 Å². The summed E-state index contributed by atoms with van der Waals surface area (Å²) in [6, 6.07) is 1.78. The molecule has 0 atom stereocenters. The highest BCUT2D eigenvalue weighted by Crippen LogP contribution is 2.27. The van der Waals surface area contributed by atoms with Gasteiger partial charge in [0.2, 0.25) is 0 Å². The molecule has 84 valence electrons. The van der Waals surface area contributed by atoms with Gasteiger partial charge in [-0.2, -0.15) is 4.37 Å². The van der Waals surface area contributed by atoms with Crippen LogP contribution in [-0.4, -0.2) is 19.3 Å². The molecule has 0 bridgehead atoms. The third-order valence-corrected chi connectivity index (χ3v) is 3.38. The van der Waals surface area contributed by atoms with E-state index in [2.05, 4.69) is 24.8 Å². The molecule has 0 saturated heterocycles. The van der Waals surface area contributed by atoms with Crippen LogP contribution in [0, 0.1) is 0 Å². The van der Waals surface area contributed by atoms with Crippen molar-refractivity contribution in [2.75, 3.05) is 5.43 Å². The number of nitrogens with zero attached hydrogens (tertiary/aromatic N) is 4. The van der Waals surface area contributed by atoms with Crippen molar-refractivity contribution in [3.63, 3.8) is 0 Å². The number of rotatable bonds is 4. The van der Waals surface area contributed by atoms with Crippen molar-refractivity contribution in [1.82, 2.24) is 19.3 Å². The first-order chi connectivity index (χ1) is 7.81. The Morgan fingerprint density at radius 1 is 1.50 bits per heavy atom. The van der Waals surface area contributed by atoms with Gasteiger partial charge in [-0.05, 0) is 23.3 Å². The van der Waals surface area contributed by atoms with E-state index in [9.17, 15) is 0 Å². The van der Waals surface area contributed by atoms with Gasteiger partial charge >= 0.3 is 0 Å². The van der Waals surface area contributed by atoms with Gasteiger partial charge < -0.3 is 5.43 Å². The summed E-state index contributed by atoms with van der Waals surface area (Å²) in [5.41, 5.74) is 2.52. The molecule has 0 amide bonds. The number of hydrazine groups is 1. The lowest BCUT2D eigenvalue weighted by atomic mass is 10.4. The maximum absolute atomic E-state index is 5.34. The Morgan fingerprint density at radius 3 is 3.00 bits per heavy atom. The number of aromatic nitrogens is 4. The first-order valence-corrected chi connectivity index (χ1v) is 6.20.